The Morgan fingerprint density at radius 2 is 1.22 bits per heavy atom. The molecule has 1 amide bonds. The van der Waals surface area contributed by atoms with Gasteiger partial charge in [0, 0.05) is 0 Å². The van der Waals surface area contributed by atoms with Gasteiger partial charge in [-0.3, -0.25) is 0 Å². The molecule has 3 aromatic carbocycles. The summed E-state index contributed by atoms with van der Waals surface area (Å²) in [5, 5.41) is 0. The summed E-state index contributed by atoms with van der Waals surface area (Å²) < 4.78 is 4.38. The molecule has 0 radical (unpaired) electrons. The normalized spacial score (nSPS) is 15.6. The Kier molecular flexibility index (Phi) is 3.53. The van der Waals surface area contributed by atoms with Gasteiger partial charge < -0.3 is 0 Å². The first-order valence-electron chi connectivity index (χ1n) is 7.51. The second-order valence-corrected chi connectivity index (χ2v) is 7.29. The fourth-order valence-corrected chi connectivity index (χ4v) is 5.03. The van der Waals surface area contributed by atoms with Crippen LogP contribution >= 0.6 is 0 Å². The molecule has 4 rings (SSSR count). The van der Waals surface area contributed by atoms with Gasteiger partial charge in [0.15, 0.2) is 0 Å². The Bertz CT molecular complexity index is 806. The van der Waals surface area contributed by atoms with E-state index in [0.717, 1.165) is 16.7 Å². The third kappa shape index (κ3) is 2.13. The fourth-order valence-electron chi connectivity index (χ4n) is 3.28. The van der Waals surface area contributed by atoms with Crippen molar-refractivity contribution in [1.29, 1.82) is 0 Å². The molecule has 3 heteroatoms. The van der Waals surface area contributed by atoms with Crippen LogP contribution in [-0.2, 0) is 10.2 Å². The Labute approximate surface area is 141 Å². The van der Waals surface area contributed by atoms with Crippen molar-refractivity contribution in [3.8, 4) is 0 Å². The van der Waals surface area contributed by atoms with E-state index in [2.05, 4.69) is 16.5 Å². The second kappa shape index (κ2) is 5.69. The van der Waals surface area contributed by atoms with Crippen molar-refractivity contribution in [2.24, 2.45) is 0 Å². The van der Waals surface area contributed by atoms with Crippen LogP contribution in [0.2, 0.25) is 0 Å². The SMILES string of the molecule is O=C1N[Se]c2ccccc2C1(c1ccccc1)c1ccccc1. The summed E-state index contributed by atoms with van der Waals surface area (Å²) in [4.78, 5) is 13.2. The number of hydrogen-bond acceptors (Lipinski definition) is 1. The van der Waals surface area contributed by atoms with Crippen LogP contribution in [0.5, 0.6) is 0 Å². The van der Waals surface area contributed by atoms with E-state index < -0.39 is 5.41 Å². The molecular formula is C20H15NOSe. The van der Waals surface area contributed by atoms with Gasteiger partial charge in [-0.2, -0.15) is 0 Å². The van der Waals surface area contributed by atoms with Gasteiger partial charge in [-0.25, -0.2) is 0 Å². The first kappa shape index (κ1) is 14.3. The summed E-state index contributed by atoms with van der Waals surface area (Å²) in [5.74, 6) is 0.0635. The Morgan fingerprint density at radius 1 is 0.696 bits per heavy atom. The number of carbonyl (C=O) groups is 1. The van der Waals surface area contributed by atoms with E-state index in [4.69, 9.17) is 0 Å². The zero-order valence-corrected chi connectivity index (χ0v) is 14.1. The minimum absolute atomic E-state index is 0.0270. The van der Waals surface area contributed by atoms with Gasteiger partial charge in [0.25, 0.3) is 0 Å². The zero-order chi connectivity index (χ0) is 15.7. The number of amides is 1. The molecule has 0 bridgehead atoms. The third-order valence-electron chi connectivity index (χ3n) is 4.30. The van der Waals surface area contributed by atoms with E-state index in [-0.39, 0.29) is 21.1 Å². The van der Waals surface area contributed by atoms with E-state index in [1.807, 2.05) is 72.8 Å². The van der Waals surface area contributed by atoms with Gasteiger partial charge in [0.05, 0.1) is 0 Å². The van der Waals surface area contributed by atoms with E-state index in [9.17, 15) is 4.79 Å². The molecular weight excluding hydrogens is 349 g/mol. The quantitative estimate of drug-likeness (QED) is 0.696. The average Bonchev–Trinajstić information content (AvgIpc) is 2.63. The first-order valence-corrected chi connectivity index (χ1v) is 9.22. The maximum absolute atomic E-state index is 13.2. The van der Waals surface area contributed by atoms with Gasteiger partial charge in [0.1, 0.15) is 0 Å². The van der Waals surface area contributed by atoms with Crippen molar-refractivity contribution in [2.75, 3.05) is 0 Å². The van der Waals surface area contributed by atoms with Gasteiger partial charge in [0.2, 0.25) is 0 Å². The molecule has 2 nitrogen and oxygen atoms in total. The molecule has 1 heterocycles. The van der Waals surface area contributed by atoms with Crippen LogP contribution in [-0.4, -0.2) is 21.1 Å². The van der Waals surface area contributed by atoms with Crippen LogP contribution in [0.15, 0.2) is 84.9 Å². The summed E-state index contributed by atoms with van der Waals surface area (Å²) in [6.07, 6.45) is 0. The zero-order valence-electron chi connectivity index (χ0n) is 12.4. The molecule has 0 aliphatic carbocycles. The van der Waals surface area contributed by atoms with Crippen molar-refractivity contribution in [2.45, 2.75) is 5.41 Å². The monoisotopic (exact) mass is 365 g/mol. The summed E-state index contributed by atoms with van der Waals surface area (Å²) in [5.41, 5.74) is 2.33. The van der Waals surface area contributed by atoms with Crippen LogP contribution in [0.3, 0.4) is 0 Å². The number of rotatable bonds is 2. The predicted molar refractivity (Wildman–Crippen MR) is 92.7 cm³/mol. The molecule has 0 saturated heterocycles. The predicted octanol–water partition coefficient (Wildman–Crippen LogP) is 2.40. The number of hydrogen-bond donors (Lipinski definition) is 1. The van der Waals surface area contributed by atoms with Crippen LogP contribution < -0.4 is 8.79 Å². The van der Waals surface area contributed by atoms with Crippen molar-refractivity contribution >= 4 is 25.5 Å². The van der Waals surface area contributed by atoms with Crippen LogP contribution in [0.4, 0.5) is 0 Å². The number of benzene rings is 3. The van der Waals surface area contributed by atoms with E-state index in [1.54, 1.807) is 0 Å². The topological polar surface area (TPSA) is 29.1 Å². The molecule has 3 aromatic rings. The molecule has 0 saturated carbocycles. The molecule has 0 spiro atoms. The molecule has 0 aromatic heterocycles. The third-order valence-corrected chi connectivity index (χ3v) is 6.11. The van der Waals surface area contributed by atoms with E-state index in [0.29, 0.717) is 0 Å². The average molecular weight is 364 g/mol. The number of fused-ring (bicyclic) bond motifs is 1. The molecule has 0 atom stereocenters. The standard InChI is InChI=1S/C20H15NOSe/c22-19-20(15-9-3-1-4-10-15,16-11-5-2-6-12-16)17-13-7-8-14-18(17)23-21-19/h1-14H,(H,21,22). The van der Waals surface area contributed by atoms with E-state index in [1.165, 1.54) is 4.46 Å². The second-order valence-electron chi connectivity index (χ2n) is 5.51. The fraction of sp³-hybridized carbons (Fsp3) is 0.0500. The molecule has 0 unspecified atom stereocenters. The number of carbonyl (C=O) groups excluding carboxylic acids is 1. The Balaban J connectivity index is 2.10. The molecule has 112 valence electrons. The summed E-state index contributed by atoms with van der Waals surface area (Å²) in [6.45, 7) is 0. The summed E-state index contributed by atoms with van der Waals surface area (Å²) >= 11 is -0.0270. The van der Waals surface area contributed by atoms with Crippen LogP contribution in [0.25, 0.3) is 0 Å². The van der Waals surface area contributed by atoms with Crippen molar-refractivity contribution in [3.63, 3.8) is 0 Å². The molecule has 23 heavy (non-hydrogen) atoms. The van der Waals surface area contributed by atoms with Gasteiger partial charge in [-0.15, -0.1) is 0 Å². The summed E-state index contributed by atoms with van der Waals surface area (Å²) in [6, 6.07) is 28.4. The van der Waals surface area contributed by atoms with Gasteiger partial charge >= 0.3 is 142 Å². The molecule has 1 aliphatic rings. The van der Waals surface area contributed by atoms with Gasteiger partial charge in [-0.1, -0.05) is 0 Å². The summed E-state index contributed by atoms with van der Waals surface area (Å²) in [7, 11) is 0. The molecule has 1 N–H and O–H groups in total. The Hall–Kier alpha value is -2.35. The maximum atomic E-state index is 13.2. The van der Waals surface area contributed by atoms with E-state index >= 15 is 0 Å². The first-order chi connectivity index (χ1) is 11.3. The molecule has 1 aliphatic heterocycles. The Morgan fingerprint density at radius 3 is 1.83 bits per heavy atom. The van der Waals surface area contributed by atoms with Gasteiger partial charge in [-0.05, 0) is 0 Å². The molecule has 0 fully saturated rings. The number of nitrogens with one attached hydrogen (secondary N) is 1. The van der Waals surface area contributed by atoms with Crippen LogP contribution in [0.1, 0.15) is 16.7 Å². The van der Waals surface area contributed by atoms with Crippen molar-refractivity contribution in [3.05, 3.63) is 102 Å². The van der Waals surface area contributed by atoms with Crippen LogP contribution in [0, 0.1) is 0 Å². The van der Waals surface area contributed by atoms with Crippen molar-refractivity contribution in [1.82, 2.24) is 4.33 Å². The minimum atomic E-state index is -0.779. The van der Waals surface area contributed by atoms with Crippen molar-refractivity contribution < 1.29 is 4.79 Å².